The van der Waals surface area contributed by atoms with Gasteiger partial charge in [0.05, 0.1) is 34.3 Å². The van der Waals surface area contributed by atoms with E-state index in [2.05, 4.69) is 10.3 Å². The summed E-state index contributed by atoms with van der Waals surface area (Å²) in [6.07, 6.45) is 0.728. The van der Waals surface area contributed by atoms with Crippen molar-refractivity contribution in [3.05, 3.63) is 52.8 Å². The summed E-state index contributed by atoms with van der Waals surface area (Å²) >= 11 is 1.08. The molecular weight excluding hydrogens is 443 g/mol. The second kappa shape index (κ2) is 8.77. The number of rotatable bonds is 6. The molecule has 3 N–H and O–H groups in total. The van der Waals surface area contributed by atoms with Gasteiger partial charge in [-0.25, -0.2) is 9.37 Å². The predicted octanol–water partition coefficient (Wildman–Crippen LogP) is 4.05. The molecule has 1 aliphatic rings. The van der Waals surface area contributed by atoms with Crippen LogP contribution in [0, 0.1) is 39.3 Å². The van der Waals surface area contributed by atoms with Crippen LogP contribution in [0.3, 0.4) is 0 Å². The Bertz CT molecular complexity index is 1360. The predicted molar refractivity (Wildman–Crippen MR) is 120 cm³/mol. The van der Waals surface area contributed by atoms with Gasteiger partial charge in [-0.05, 0) is 42.7 Å². The van der Waals surface area contributed by atoms with Crippen LogP contribution in [0.1, 0.15) is 29.8 Å². The van der Waals surface area contributed by atoms with Gasteiger partial charge in [-0.1, -0.05) is 12.1 Å². The molecule has 0 spiro atoms. The number of thiazole rings is 1. The molecule has 1 saturated carbocycles. The number of carbonyl (C=O) groups excluding carboxylic acids is 1. The van der Waals surface area contributed by atoms with Gasteiger partial charge in [-0.15, -0.1) is 11.3 Å². The Morgan fingerprint density at radius 2 is 1.91 bits per heavy atom. The maximum Gasteiger partial charge on any atom is 0.230 e. The first-order valence-corrected chi connectivity index (χ1v) is 10.8. The molecule has 3 aromatic rings. The van der Waals surface area contributed by atoms with Gasteiger partial charge in [0.25, 0.3) is 0 Å². The molecular formula is C23H17FN6O2S. The zero-order valence-electron chi connectivity index (χ0n) is 17.2. The lowest BCUT2D eigenvalue weighted by molar-refractivity contribution is -0.120. The van der Waals surface area contributed by atoms with Crippen LogP contribution in [0.5, 0.6) is 0 Å². The lowest BCUT2D eigenvalue weighted by atomic mass is 10.0. The number of aromatic nitrogens is 1. The van der Waals surface area contributed by atoms with Crippen molar-refractivity contribution in [3.8, 4) is 23.3 Å². The van der Waals surface area contributed by atoms with Crippen molar-refractivity contribution in [3.63, 3.8) is 0 Å². The summed E-state index contributed by atoms with van der Waals surface area (Å²) in [5.74, 6) is -1.66. The largest absolute Gasteiger partial charge is 0.429 e. The number of nitrogens with zero attached hydrogens (tertiary/aromatic N) is 3. The number of amides is 1. The molecule has 1 aromatic heterocycles. The second-order valence-electron chi connectivity index (χ2n) is 7.62. The Kier molecular flexibility index (Phi) is 5.86. The van der Waals surface area contributed by atoms with Gasteiger partial charge in [0, 0.05) is 5.56 Å². The summed E-state index contributed by atoms with van der Waals surface area (Å²) in [6.45, 7) is 0. The maximum atomic E-state index is 15.1. The molecule has 10 heteroatoms. The highest BCUT2D eigenvalue weighted by Crippen LogP contribution is 2.34. The van der Waals surface area contributed by atoms with Gasteiger partial charge in [-0.2, -0.15) is 10.5 Å². The summed E-state index contributed by atoms with van der Waals surface area (Å²) in [7, 11) is 0. The first-order valence-electron chi connectivity index (χ1n) is 9.96. The van der Waals surface area contributed by atoms with E-state index >= 15 is 4.39 Å². The number of nitrogens with one attached hydrogen (secondary N) is 3. The fourth-order valence-corrected chi connectivity index (χ4v) is 4.23. The first kappa shape index (κ1) is 22.1. The number of benzene rings is 2. The summed E-state index contributed by atoms with van der Waals surface area (Å²) in [5.41, 5.74) is 1.12. The van der Waals surface area contributed by atoms with Crippen molar-refractivity contribution in [2.75, 3.05) is 0 Å². The van der Waals surface area contributed by atoms with Crippen molar-refractivity contribution in [2.24, 2.45) is 0 Å². The molecule has 0 radical (unpaired) electrons. The average Bonchev–Trinajstić information content (AvgIpc) is 3.43. The van der Waals surface area contributed by atoms with E-state index in [1.165, 1.54) is 0 Å². The van der Waals surface area contributed by atoms with Gasteiger partial charge in [0.15, 0.2) is 11.8 Å². The van der Waals surface area contributed by atoms with Crippen LogP contribution < -0.4 is 5.32 Å². The molecule has 33 heavy (non-hydrogen) atoms. The molecule has 1 heterocycles. The van der Waals surface area contributed by atoms with Crippen LogP contribution >= 0.6 is 11.3 Å². The Morgan fingerprint density at radius 1 is 1.18 bits per heavy atom. The van der Waals surface area contributed by atoms with Crippen LogP contribution in [0.2, 0.25) is 0 Å². The van der Waals surface area contributed by atoms with E-state index in [9.17, 15) is 4.79 Å². The molecule has 0 saturated heterocycles. The molecule has 0 unspecified atom stereocenters. The van der Waals surface area contributed by atoms with Gasteiger partial charge in [-0.3, -0.25) is 15.6 Å². The topological polar surface area (TPSA) is 146 Å². The molecule has 0 aliphatic heterocycles. The van der Waals surface area contributed by atoms with E-state index in [0.717, 1.165) is 11.3 Å². The third-order valence-corrected chi connectivity index (χ3v) is 6.15. The van der Waals surface area contributed by atoms with E-state index in [0.29, 0.717) is 44.8 Å². The van der Waals surface area contributed by atoms with Crippen molar-refractivity contribution in [2.45, 2.75) is 31.2 Å². The van der Waals surface area contributed by atoms with E-state index in [1.807, 2.05) is 12.1 Å². The third-order valence-electron chi connectivity index (χ3n) is 5.09. The zero-order chi connectivity index (χ0) is 23.6. The quantitative estimate of drug-likeness (QED) is 0.375. The summed E-state index contributed by atoms with van der Waals surface area (Å²) in [6, 6.07) is 14.0. The van der Waals surface area contributed by atoms with Gasteiger partial charge < -0.3 is 10.1 Å². The second-order valence-corrected chi connectivity index (χ2v) is 8.70. The van der Waals surface area contributed by atoms with Gasteiger partial charge in [0.1, 0.15) is 22.8 Å². The van der Waals surface area contributed by atoms with Crippen LogP contribution in [0.4, 0.5) is 4.39 Å². The first-order chi connectivity index (χ1) is 15.8. The monoisotopic (exact) mass is 460 g/mol. The number of carbonyl (C=O) groups is 1. The highest BCUT2D eigenvalue weighted by Gasteiger charge is 2.44. The van der Waals surface area contributed by atoms with Crippen LogP contribution in [-0.2, 0) is 16.0 Å². The van der Waals surface area contributed by atoms with Crippen molar-refractivity contribution < 1.29 is 13.9 Å². The fraction of sp³-hybridized carbons (Fsp3) is 0.217. The highest BCUT2D eigenvalue weighted by atomic mass is 32.1. The highest BCUT2D eigenvalue weighted by molar-refractivity contribution is 7.18. The lowest BCUT2D eigenvalue weighted by Gasteiger charge is -2.10. The third kappa shape index (κ3) is 4.86. The SMILES string of the molecule is N#Cc1ccc(-c2ccc3nc(CC(=N)OC(=N)CC(=O)NC4(C#N)CC4)sc3c2F)cc1. The maximum absolute atomic E-state index is 15.1. The molecule has 0 bridgehead atoms. The zero-order valence-corrected chi connectivity index (χ0v) is 18.1. The molecule has 1 aliphatic carbocycles. The molecule has 8 nitrogen and oxygen atoms in total. The lowest BCUT2D eigenvalue weighted by Crippen LogP contribution is -2.37. The van der Waals surface area contributed by atoms with Crippen LogP contribution in [0.15, 0.2) is 36.4 Å². The minimum Gasteiger partial charge on any atom is -0.429 e. The Hall–Kier alpha value is -4.15. The van der Waals surface area contributed by atoms with Crippen LogP contribution in [0.25, 0.3) is 21.3 Å². The van der Waals surface area contributed by atoms with E-state index in [-0.39, 0.29) is 18.7 Å². The smallest absolute Gasteiger partial charge is 0.230 e. The van der Waals surface area contributed by atoms with E-state index < -0.39 is 23.2 Å². The average molecular weight is 460 g/mol. The number of hydrogen-bond donors (Lipinski definition) is 3. The number of halogens is 1. The van der Waals surface area contributed by atoms with Crippen molar-refractivity contribution in [1.82, 2.24) is 10.3 Å². The molecule has 164 valence electrons. The summed E-state index contributed by atoms with van der Waals surface area (Å²) in [5, 5.41) is 36.7. The Balaban J connectivity index is 1.41. The molecule has 4 rings (SSSR count). The van der Waals surface area contributed by atoms with Gasteiger partial charge >= 0.3 is 0 Å². The minimum absolute atomic E-state index is 0.0584. The van der Waals surface area contributed by atoms with Crippen molar-refractivity contribution >= 4 is 39.3 Å². The number of hydrogen-bond acceptors (Lipinski definition) is 8. The fourth-order valence-electron chi connectivity index (χ4n) is 3.23. The van der Waals surface area contributed by atoms with E-state index in [1.54, 1.807) is 36.4 Å². The van der Waals surface area contributed by atoms with E-state index in [4.69, 9.17) is 26.1 Å². The van der Waals surface area contributed by atoms with Crippen LogP contribution in [-0.4, -0.2) is 28.2 Å². The standard InChI is InChI=1S/C23H17FN6O2S/c24-21-15(14-3-1-13(11-25)2-4-14)5-6-16-22(21)33-20(29-16)10-18(28)32-17(27)9-19(31)30-23(12-26)7-8-23/h1-6,27-28H,7-10H2,(H,30,31). The summed E-state index contributed by atoms with van der Waals surface area (Å²) in [4.78, 5) is 16.3. The normalized spacial score (nSPS) is 13.5. The minimum atomic E-state index is -0.827. The summed E-state index contributed by atoms with van der Waals surface area (Å²) < 4.78 is 20.6. The Morgan fingerprint density at radius 3 is 2.55 bits per heavy atom. The number of ether oxygens (including phenoxy) is 1. The number of nitriles is 2. The van der Waals surface area contributed by atoms with Crippen molar-refractivity contribution in [1.29, 1.82) is 21.3 Å². The Labute approximate surface area is 192 Å². The number of fused-ring (bicyclic) bond motifs is 1. The molecule has 2 aromatic carbocycles. The molecule has 1 amide bonds. The van der Waals surface area contributed by atoms with Gasteiger partial charge in [0.2, 0.25) is 5.91 Å². The molecule has 0 atom stereocenters. The molecule has 1 fully saturated rings.